The number of anilines is 1. The zero-order valence-corrected chi connectivity index (χ0v) is 13.3. The Morgan fingerprint density at radius 1 is 1.24 bits per heavy atom. The molecule has 0 aliphatic rings. The molecule has 3 aromatic rings. The van der Waals surface area contributed by atoms with Gasteiger partial charge in [-0.05, 0) is 48.1 Å². The number of nitrogens with zero attached hydrogens (tertiary/aromatic N) is 1. The maximum Gasteiger partial charge on any atom is 0.0809 e. The van der Waals surface area contributed by atoms with Crippen molar-refractivity contribution >= 4 is 27.2 Å². The van der Waals surface area contributed by atoms with Crippen molar-refractivity contribution in [3.8, 4) is 0 Å². The standard InChI is InChI=1S/C18H20N2S/c1-3-6-14-7-4-5-8-16(14)20-13(2)15-11-18-17(19-12-15)9-10-21-18/h4-5,7-13,20H,3,6H2,1-2H3. The zero-order valence-electron chi connectivity index (χ0n) is 12.5. The van der Waals surface area contributed by atoms with Crippen LogP contribution in [0, 0.1) is 0 Å². The predicted octanol–water partition coefficient (Wildman–Crippen LogP) is 5.42. The van der Waals surface area contributed by atoms with Crippen molar-refractivity contribution in [2.24, 2.45) is 0 Å². The lowest BCUT2D eigenvalue weighted by Crippen LogP contribution is -2.08. The largest absolute Gasteiger partial charge is 0.378 e. The molecule has 0 spiro atoms. The average Bonchev–Trinajstić information content (AvgIpc) is 2.97. The molecule has 0 bridgehead atoms. The highest BCUT2D eigenvalue weighted by molar-refractivity contribution is 7.17. The van der Waals surface area contributed by atoms with Gasteiger partial charge < -0.3 is 5.32 Å². The van der Waals surface area contributed by atoms with Gasteiger partial charge in [-0.25, -0.2) is 0 Å². The Morgan fingerprint density at radius 3 is 2.95 bits per heavy atom. The van der Waals surface area contributed by atoms with Crippen LogP contribution in [0.4, 0.5) is 5.69 Å². The van der Waals surface area contributed by atoms with Crippen LogP contribution in [-0.4, -0.2) is 4.98 Å². The maximum atomic E-state index is 4.53. The van der Waals surface area contributed by atoms with Crippen LogP contribution in [0.1, 0.15) is 37.4 Å². The highest BCUT2D eigenvalue weighted by atomic mass is 32.1. The molecule has 2 aromatic heterocycles. The third-order valence-electron chi connectivity index (χ3n) is 3.73. The Bertz CT molecular complexity index is 733. The number of aromatic nitrogens is 1. The van der Waals surface area contributed by atoms with Gasteiger partial charge in [-0.1, -0.05) is 31.5 Å². The second-order valence-electron chi connectivity index (χ2n) is 5.35. The number of thiophene rings is 1. The molecule has 2 heterocycles. The third kappa shape index (κ3) is 3.08. The Hall–Kier alpha value is -1.87. The molecule has 0 saturated heterocycles. The van der Waals surface area contributed by atoms with Gasteiger partial charge in [-0.3, -0.25) is 4.98 Å². The fraction of sp³-hybridized carbons (Fsp3) is 0.278. The summed E-state index contributed by atoms with van der Waals surface area (Å²) in [5, 5.41) is 5.73. The molecule has 1 unspecified atom stereocenters. The van der Waals surface area contributed by atoms with Crippen molar-refractivity contribution in [1.82, 2.24) is 4.98 Å². The minimum Gasteiger partial charge on any atom is -0.378 e. The fourth-order valence-electron chi connectivity index (χ4n) is 2.56. The topological polar surface area (TPSA) is 24.9 Å². The van der Waals surface area contributed by atoms with Gasteiger partial charge in [0.1, 0.15) is 0 Å². The lowest BCUT2D eigenvalue weighted by atomic mass is 10.1. The van der Waals surface area contributed by atoms with Gasteiger partial charge in [0.2, 0.25) is 0 Å². The molecule has 0 aliphatic carbocycles. The third-order valence-corrected chi connectivity index (χ3v) is 4.59. The van der Waals surface area contributed by atoms with Crippen molar-refractivity contribution in [3.63, 3.8) is 0 Å². The van der Waals surface area contributed by atoms with Crippen LogP contribution in [0.3, 0.4) is 0 Å². The molecule has 3 rings (SSSR count). The van der Waals surface area contributed by atoms with Gasteiger partial charge in [0.15, 0.2) is 0 Å². The van der Waals surface area contributed by atoms with E-state index in [1.807, 2.05) is 6.20 Å². The molecule has 1 aromatic carbocycles. The summed E-state index contributed by atoms with van der Waals surface area (Å²) in [6, 6.07) is 13.1. The summed E-state index contributed by atoms with van der Waals surface area (Å²) >= 11 is 1.75. The zero-order chi connectivity index (χ0) is 14.7. The number of pyridine rings is 1. The molecule has 2 nitrogen and oxygen atoms in total. The van der Waals surface area contributed by atoms with Gasteiger partial charge in [0, 0.05) is 11.9 Å². The van der Waals surface area contributed by atoms with Gasteiger partial charge >= 0.3 is 0 Å². The van der Waals surface area contributed by atoms with E-state index in [-0.39, 0.29) is 6.04 Å². The van der Waals surface area contributed by atoms with E-state index in [4.69, 9.17) is 0 Å². The van der Waals surface area contributed by atoms with E-state index >= 15 is 0 Å². The minimum atomic E-state index is 0.252. The number of hydrogen-bond acceptors (Lipinski definition) is 3. The molecule has 0 aliphatic heterocycles. The predicted molar refractivity (Wildman–Crippen MR) is 92.1 cm³/mol. The minimum absolute atomic E-state index is 0.252. The normalized spacial score (nSPS) is 12.5. The summed E-state index contributed by atoms with van der Waals surface area (Å²) in [4.78, 5) is 4.53. The SMILES string of the molecule is CCCc1ccccc1NC(C)c1cnc2ccsc2c1. The van der Waals surface area contributed by atoms with E-state index in [2.05, 4.69) is 65.9 Å². The molecule has 0 radical (unpaired) electrons. The molecular weight excluding hydrogens is 276 g/mol. The molecule has 1 atom stereocenters. The Morgan fingerprint density at radius 2 is 2.10 bits per heavy atom. The second kappa shape index (κ2) is 6.27. The highest BCUT2D eigenvalue weighted by Gasteiger charge is 2.09. The van der Waals surface area contributed by atoms with Crippen LogP contribution >= 0.6 is 11.3 Å². The van der Waals surface area contributed by atoms with Gasteiger partial charge in [0.25, 0.3) is 0 Å². The maximum absolute atomic E-state index is 4.53. The molecular formula is C18H20N2S. The molecule has 108 valence electrons. The highest BCUT2D eigenvalue weighted by Crippen LogP contribution is 2.26. The van der Waals surface area contributed by atoms with E-state index in [0.29, 0.717) is 0 Å². The molecule has 1 N–H and O–H groups in total. The van der Waals surface area contributed by atoms with Crippen LogP contribution in [0.5, 0.6) is 0 Å². The van der Waals surface area contributed by atoms with E-state index in [9.17, 15) is 0 Å². The number of aryl methyl sites for hydroxylation is 1. The Balaban J connectivity index is 1.83. The average molecular weight is 296 g/mol. The number of para-hydroxylation sites is 1. The number of fused-ring (bicyclic) bond motifs is 1. The van der Waals surface area contributed by atoms with Crippen molar-refractivity contribution in [3.05, 3.63) is 59.1 Å². The summed E-state index contributed by atoms with van der Waals surface area (Å²) < 4.78 is 1.25. The molecule has 0 saturated carbocycles. The molecule has 0 amide bonds. The first-order valence-corrected chi connectivity index (χ1v) is 8.33. The molecule has 0 fully saturated rings. The summed E-state index contributed by atoms with van der Waals surface area (Å²) in [6.07, 6.45) is 4.25. The summed E-state index contributed by atoms with van der Waals surface area (Å²) in [5.41, 5.74) is 4.94. The van der Waals surface area contributed by atoms with Crippen LogP contribution in [0.15, 0.2) is 48.0 Å². The number of benzene rings is 1. The van der Waals surface area contributed by atoms with Crippen LogP contribution < -0.4 is 5.32 Å². The quantitative estimate of drug-likeness (QED) is 0.680. The van der Waals surface area contributed by atoms with Crippen molar-refractivity contribution < 1.29 is 0 Å². The lowest BCUT2D eigenvalue weighted by molar-refractivity contribution is 0.864. The smallest absolute Gasteiger partial charge is 0.0809 e. The van der Waals surface area contributed by atoms with Crippen molar-refractivity contribution in [1.29, 1.82) is 0 Å². The number of nitrogens with one attached hydrogen (secondary N) is 1. The van der Waals surface area contributed by atoms with E-state index in [0.717, 1.165) is 18.4 Å². The van der Waals surface area contributed by atoms with Gasteiger partial charge in [0.05, 0.1) is 16.3 Å². The Labute approximate surface area is 129 Å². The number of rotatable bonds is 5. The van der Waals surface area contributed by atoms with E-state index < -0.39 is 0 Å². The second-order valence-corrected chi connectivity index (χ2v) is 6.29. The molecule has 3 heteroatoms. The van der Waals surface area contributed by atoms with Crippen molar-refractivity contribution in [2.75, 3.05) is 5.32 Å². The van der Waals surface area contributed by atoms with Crippen LogP contribution in [-0.2, 0) is 6.42 Å². The van der Waals surface area contributed by atoms with Crippen LogP contribution in [0.2, 0.25) is 0 Å². The molecule has 21 heavy (non-hydrogen) atoms. The van der Waals surface area contributed by atoms with E-state index in [1.165, 1.54) is 21.5 Å². The van der Waals surface area contributed by atoms with Gasteiger partial charge in [-0.2, -0.15) is 0 Å². The monoisotopic (exact) mass is 296 g/mol. The number of hydrogen-bond donors (Lipinski definition) is 1. The first kappa shape index (κ1) is 14.1. The Kier molecular flexibility index (Phi) is 4.20. The first-order chi connectivity index (χ1) is 10.3. The summed E-state index contributed by atoms with van der Waals surface area (Å²) in [5.74, 6) is 0. The van der Waals surface area contributed by atoms with Crippen molar-refractivity contribution in [2.45, 2.75) is 32.7 Å². The fourth-order valence-corrected chi connectivity index (χ4v) is 3.35. The van der Waals surface area contributed by atoms with Crippen LogP contribution in [0.25, 0.3) is 10.2 Å². The van der Waals surface area contributed by atoms with E-state index in [1.54, 1.807) is 11.3 Å². The summed E-state index contributed by atoms with van der Waals surface area (Å²) in [6.45, 7) is 4.41. The lowest BCUT2D eigenvalue weighted by Gasteiger charge is -2.18. The first-order valence-electron chi connectivity index (χ1n) is 7.45. The summed E-state index contributed by atoms with van der Waals surface area (Å²) in [7, 11) is 0. The van der Waals surface area contributed by atoms with Gasteiger partial charge in [-0.15, -0.1) is 11.3 Å².